The maximum absolute atomic E-state index is 12.7. The van der Waals surface area contributed by atoms with Crippen molar-refractivity contribution >= 4 is 28.4 Å². The number of carbonyl (C=O) groups is 2. The molecule has 0 fully saturated rings. The lowest BCUT2D eigenvalue weighted by molar-refractivity contribution is -0.125. The van der Waals surface area contributed by atoms with Crippen molar-refractivity contribution in [2.24, 2.45) is 0 Å². The maximum atomic E-state index is 12.7. The molecule has 146 valence electrons. The fourth-order valence-corrected chi connectivity index (χ4v) is 2.92. The average Bonchev–Trinajstić information content (AvgIpc) is 3.05. The molecule has 8 heteroatoms. The van der Waals surface area contributed by atoms with Gasteiger partial charge in [0.15, 0.2) is 0 Å². The van der Waals surface area contributed by atoms with E-state index in [4.69, 9.17) is 0 Å². The van der Waals surface area contributed by atoms with Crippen molar-refractivity contribution in [2.75, 3.05) is 5.32 Å². The zero-order chi connectivity index (χ0) is 20.1. The molecule has 1 heterocycles. The number of aromatic nitrogens is 1. The van der Waals surface area contributed by atoms with Crippen LogP contribution in [0.2, 0.25) is 0 Å². The van der Waals surface area contributed by atoms with Gasteiger partial charge in [0.2, 0.25) is 11.8 Å². The first-order chi connectivity index (χ1) is 13.4. The minimum absolute atomic E-state index is 0.00907. The smallest absolute Gasteiger partial charge is 0.387 e. The number of hydrogen-bond acceptors (Lipinski definition) is 3. The highest BCUT2D eigenvalue weighted by atomic mass is 19.3. The first kappa shape index (κ1) is 19.3. The van der Waals surface area contributed by atoms with E-state index in [0.29, 0.717) is 12.1 Å². The summed E-state index contributed by atoms with van der Waals surface area (Å²) in [6, 6.07) is 12.4. The van der Waals surface area contributed by atoms with Gasteiger partial charge in [0, 0.05) is 36.1 Å². The van der Waals surface area contributed by atoms with Crippen molar-refractivity contribution in [3.05, 3.63) is 60.3 Å². The van der Waals surface area contributed by atoms with E-state index in [2.05, 4.69) is 20.4 Å². The van der Waals surface area contributed by atoms with Crippen LogP contribution >= 0.6 is 0 Å². The quantitative estimate of drug-likeness (QED) is 0.581. The number of anilines is 1. The number of carbonyl (C=O) groups excluding carboxylic acids is 2. The van der Waals surface area contributed by atoms with Gasteiger partial charge in [-0.05, 0) is 35.9 Å². The standard InChI is InChI=1S/C20H19F2N3O3/c1-12(26)24-18(10-13-11-23-17-5-3-2-4-16(13)17)19(27)25-14-6-8-15(9-7-14)28-20(21)22/h2-9,11,18,20,23H,10H2,1H3,(H,24,26)(H,25,27). The molecule has 0 radical (unpaired) electrons. The number of rotatable bonds is 7. The van der Waals surface area contributed by atoms with E-state index in [0.717, 1.165) is 16.5 Å². The Kier molecular flexibility index (Phi) is 5.88. The molecular weight excluding hydrogens is 368 g/mol. The van der Waals surface area contributed by atoms with Crippen LogP contribution in [0.5, 0.6) is 5.75 Å². The molecule has 0 bridgehead atoms. The van der Waals surface area contributed by atoms with Gasteiger partial charge in [-0.2, -0.15) is 8.78 Å². The molecule has 28 heavy (non-hydrogen) atoms. The lowest BCUT2D eigenvalue weighted by Crippen LogP contribution is -2.44. The van der Waals surface area contributed by atoms with Crippen molar-refractivity contribution in [3.63, 3.8) is 0 Å². The normalized spacial score (nSPS) is 12.0. The fourth-order valence-electron chi connectivity index (χ4n) is 2.92. The summed E-state index contributed by atoms with van der Waals surface area (Å²) in [4.78, 5) is 27.4. The van der Waals surface area contributed by atoms with Crippen LogP contribution in [0.25, 0.3) is 10.9 Å². The Bertz CT molecular complexity index is 970. The molecule has 2 amide bonds. The number of aromatic amines is 1. The van der Waals surface area contributed by atoms with Crippen molar-refractivity contribution in [2.45, 2.75) is 26.0 Å². The minimum atomic E-state index is -2.92. The van der Waals surface area contributed by atoms with Crippen LogP contribution in [-0.4, -0.2) is 29.5 Å². The van der Waals surface area contributed by atoms with Crippen LogP contribution in [0.3, 0.4) is 0 Å². The Balaban J connectivity index is 1.73. The zero-order valence-electron chi connectivity index (χ0n) is 15.0. The summed E-state index contributed by atoms with van der Waals surface area (Å²) >= 11 is 0. The lowest BCUT2D eigenvalue weighted by Gasteiger charge is -2.17. The first-order valence-electron chi connectivity index (χ1n) is 8.60. The molecule has 0 aliphatic heterocycles. The average molecular weight is 387 g/mol. The van der Waals surface area contributed by atoms with Crippen molar-refractivity contribution in [1.29, 1.82) is 0 Å². The summed E-state index contributed by atoms with van der Waals surface area (Å²) in [5, 5.41) is 6.30. The molecular formula is C20H19F2N3O3. The zero-order valence-corrected chi connectivity index (χ0v) is 15.0. The maximum Gasteiger partial charge on any atom is 0.387 e. The Morgan fingerprint density at radius 1 is 1.11 bits per heavy atom. The molecule has 0 saturated carbocycles. The molecule has 3 aromatic rings. The largest absolute Gasteiger partial charge is 0.435 e. The van der Waals surface area contributed by atoms with Gasteiger partial charge in [0.25, 0.3) is 0 Å². The van der Waals surface area contributed by atoms with Gasteiger partial charge in [-0.1, -0.05) is 18.2 Å². The minimum Gasteiger partial charge on any atom is -0.435 e. The number of nitrogens with one attached hydrogen (secondary N) is 3. The van der Waals surface area contributed by atoms with E-state index in [-0.39, 0.29) is 11.7 Å². The van der Waals surface area contributed by atoms with Crippen LogP contribution < -0.4 is 15.4 Å². The molecule has 3 rings (SSSR count). The van der Waals surface area contributed by atoms with Crippen LogP contribution in [0.15, 0.2) is 54.7 Å². The van der Waals surface area contributed by atoms with Gasteiger partial charge < -0.3 is 20.4 Å². The molecule has 0 aliphatic carbocycles. The third-order valence-electron chi connectivity index (χ3n) is 4.14. The van der Waals surface area contributed by atoms with E-state index in [9.17, 15) is 18.4 Å². The molecule has 0 spiro atoms. The number of fused-ring (bicyclic) bond motifs is 1. The second-order valence-corrected chi connectivity index (χ2v) is 6.21. The predicted octanol–water partition coefficient (Wildman–Crippen LogP) is 3.46. The molecule has 1 atom stereocenters. The monoisotopic (exact) mass is 387 g/mol. The van der Waals surface area contributed by atoms with E-state index in [1.165, 1.54) is 31.2 Å². The summed E-state index contributed by atoms with van der Waals surface area (Å²) in [6.45, 7) is -1.58. The summed E-state index contributed by atoms with van der Waals surface area (Å²) in [5.41, 5.74) is 2.24. The third kappa shape index (κ3) is 4.85. The van der Waals surface area contributed by atoms with Gasteiger partial charge in [0.1, 0.15) is 11.8 Å². The van der Waals surface area contributed by atoms with Crippen LogP contribution in [-0.2, 0) is 16.0 Å². The molecule has 0 aliphatic rings. The van der Waals surface area contributed by atoms with Gasteiger partial charge >= 0.3 is 6.61 Å². The number of alkyl halides is 2. The number of amides is 2. The topological polar surface area (TPSA) is 83.2 Å². The molecule has 1 unspecified atom stereocenters. The number of H-pyrrole nitrogens is 1. The predicted molar refractivity (Wildman–Crippen MR) is 101 cm³/mol. The molecule has 2 aromatic carbocycles. The van der Waals surface area contributed by atoms with Gasteiger partial charge in [-0.3, -0.25) is 9.59 Å². The SMILES string of the molecule is CC(=O)NC(Cc1c[nH]c2ccccc12)C(=O)Nc1ccc(OC(F)F)cc1. The van der Waals surface area contributed by atoms with Crippen LogP contribution in [0, 0.1) is 0 Å². The highest BCUT2D eigenvalue weighted by Crippen LogP contribution is 2.21. The van der Waals surface area contributed by atoms with Crippen molar-refractivity contribution in [3.8, 4) is 5.75 Å². The third-order valence-corrected chi connectivity index (χ3v) is 4.14. The van der Waals surface area contributed by atoms with Gasteiger partial charge in [-0.15, -0.1) is 0 Å². The molecule has 3 N–H and O–H groups in total. The second kappa shape index (κ2) is 8.51. The summed E-state index contributed by atoms with van der Waals surface area (Å²) < 4.78 is 28.7. The van der Waals surface area contributed by atoms with E-state index in [1.807, 2.05) is 30.5 Å². The lowest BCUT2D eigenvalue weighted by atomic mass is 10.0. The van der Waals surface area contributed by atoms with Crippen molar-refractivity contribution < 1.29 is 23.1 Å². The summed E-state index contributed by atoms with van der Waals surface area (Å²) in [7, 11) is 0. The Morgan fingerprint density at radius 3 is 2.50 bits per heavy atom. The van der Waals surface area contributed by atoms with Gasteiger partial charge in [-0.25, -0.2) is 0 Å². The van der Waals surface area contributed by atoms with Crippen LogP contribution in [0.1, 0.15) is 12.5 Å². The number of ether oxygens (including phenoxy) is 1. The highest BCUT2D eigenvalue weighted by Gasteiger charge is 2.21. The molecule has 6 nitrogen and oxygen atoms in total. The Labute approximate surface area is 159 Å². The number of halogens is 2. The summed E-state index contributed by atoms with van der Waals surface area (Å²) in [5.74, 6) is -0.756. The number of para-hydroxylation sites is 1. The number of hydrogen-bond donors (Lipinski definition) is 3. The van der Waals surface area contributed by atoms with Crippen LogP contribution in [0.4, 0.5) is 14.5 Å². The van der Waals surface area contributed by atoms with E-state index >= 15 is 0 Å². The fraction of sp³-hybridized carbons (Fsp3) is 0.200. The first-order valence-corrected chi connectivity index (χ1v) is 8.60. The molecule has 0 saturated heterocycles. The Hall–Kier alpha value is -3.42. The number of benzene rings is 2. The van der Waals surface area contributed by atoms with Gasteiger partial charge in [0.05, 0.1) is 0 Å². The second-order valence-electron chi connectivity index (χ2n) is 6.21. The van der Waals surface area contributed by atoms with Crippen molar-refractivity contribution in [1.82, 2.24) is 10.3 Å². The molecule has 1 aromatic heterocycles. The highest BCUT2D eigenvalue weighted by molar-refractivity contribution is 5.97. The Morgan fingerprint density at radius 2 is 1.82 bits per heavy atom. The van der Waals surface area contributed by atoms with E-state index in [1.54, 1.807) is 0 Å². The van der Waals surface area contributed by atoms with E-state index < -0.39 is 18.6 Å². The summed E-state index contributed by atoms with van der Waals surface area (Å²) in [6.07, 6.45) is 2.10.